The maximum atomic E-state index is 13.1. The third kappa shape index (κ3) is 1.95. The minimum atomic E-state index is -0.858. The third-order valence-corrected chi connectivity index (χ3v) is 1.84. The highest BCUT2D eigenvalue weighted by Gasteiger charge is 2.17. The van der Waals surface area contributed by atoms with Crippen molar-refractivity contribution in [3.63, 3.8) is 0 Å². The van der Waals surface area contributed by atoms with Gasteiger partial charge >= 0.3 is 0 Å². The van der Waals surface area contributed by atoms with Crippen LogP contribution in [0.1, 0.15) is 25.0 Å². The average Bonchev–Trinajstić information content (AvgIpc) is 2.16. The van der Waals surface area contributed by atoms with Gasteiger partial charge in [0.2, 0.25) is 5.95 Å². The summed E-state index contributed by atoms with van der Waals surface area (Å²) in [7, 11) is 1.43. The number of ether oxygens (including phenoxy) is 1. The number of aromatic nitrogens is 1. The summed E-state index contributed by atoms with van der Waals surface area (Å²) in [6.07, 6.45) is 0.877. The number of aliphatic hydroxyl groups excluding tert-OH is 1. The quantitative estimate of drug-likeness (QED) is 0.728. The summed E-state index contributed by atoms with van der Waals surface area (Å²) < 4.78 is 18.0. The molecule has 0 aliphatic carbocycles. The van der Waals surface area contributed by atoms with Crippen molar-refractivity contribution in [1.29, 1.82) is 0 Å². The molecule has 0 aliphatic rings. The van der Waals surface area contributed by atoms with Crippen molar-refractivity contribution < 1.29 is 14.2 Å². The second-order valence-corrected chi connectivity index (χ2v) is 2.64. The Hall–Kier alpha value is -1.16. The number of hydrogen-bond acceptors (Lipinski definition) is 3. The van der Waals surface area contributed by atoms with Gasteiger partial charge in [-0.1, -0.05) is 6.92 Å². The lowest BCUT2D eigenvalue weighted by Crippen LogP contribution is -2.04. The highest BCUT2D eigenvalue weighted by molar-refractivity contribution is 5.32. The smallest absolute Gasteiger partial charge is 0.222 e. The molecule has 1 N–H and O–H groups in total. The second kappa shape index (κ2) is 4.18. The molecule has 0 aliphatic heterocycles. The molecule has 1 heterocycles. The zero-order chi connectivity index (χ0) is 9.84. The first-order valence-corrected chi connectivity index (χ1v) is 4.07. The fourth-order valence-electron chi connectivity index (χ4n) is 1.12. The zero-order valence-corrected chi connectivity index (χ0v) is 7.62. The predicted molar refractivity (Wildman–Crippen MR) is 46.0 cm³/mol. The molecule has 0 saturated heterocycles. The maximum absolute atomic E-state index is 13.1. The van der Waals surface area contributed by atoms with Crippen LogP contribution in [0.5, 0.6) is 5.75 Å². The van der Waals surface area contributed by atoms with Gasteiger partial charge in [0, 0.05) is 6.20 Å². The van der Waals surface area contributed by atoms with Crippen LogP contribution in [0.15, 0.2) is 12.3 Å². The minimum Gasteiger partial charge on any atom is -0.496 e. The first-order chi connectivity index (χ1) is 6.20. The molecule has 3 nitrogen and oxygen atoms in total. The van der Waals surface area contributed by atoms with Crippen LogP contribution in [0, 0.1) is 5.95 Å². The molecule has 0 bridgehead atoms. The molecule has 1 atom stereocenters. The molecule has 1 aromatic heterocycles. The van der Waals surface area contributed by atoms with Gasteiger partial charge in [-0.25, -0.2) is 4.98 Å². The Morgan fingerprint density at radius 1 is 1.69 bits per heavy atom. The Morgan fingerprint density at radius 3 is 2.92 bits per heavy atom. The van der Waals surface area contributed by atoms with Crippen LogP contribution in [-0.4, -0.2) is 17.2 Å². The molecule has 0 amide bonds. The SMILES string of the molecule is CCC(O)c1c(OC)ccnc1F. The van der Waals surface area contributed by atoms with Crippen molar-refractivity contribution in [2.24, 2.45) is 0 Å². The fraction of sp³-hybridized carbons (Fsp3) is 0.444. The topological polar surface area (TPSA) is 42.4 Å². The van der Waals surface area contributed by atoms with Gasteiger partial charge in [-0.3, -0.25) is 0 Å². The number of nitrogens with zero attached hydrogens (tertiary/aromatic N) is 1. The fourth-order valence-corrected chi connectivity index (χ4v) is 1.12. The lowest BCUT2D eigenvalue weighted by molar-refractivity contribution is 0.163. The number of halogens is 1. The Balaban J connectivity index is 3.14. The maximum Gasteiger partial charge on any atom is 0.222 e. The lowest BCUT2D eigenvalue weighted by Gasteiger charge is -2.12. The van der Waals surface area contributed by atoms with E-state index in [2.05, 4.69) is 4.98 Å². The van der Waals surface area contributed by atoms with E-state index in [0.717, 1.165) is 0 Å². The molecule has 0 fully saturated rings. The van der Waals surface area contributed by atoms with Crippen molar-refractivity contribution in [2.75, 3.05) is 7.11 Å². The number of methoxy groups -OCH3 is 1. The van der Waals surface area contributed by atoms with Gasteiger partial charge < -0.3 is 9.84 Å². The molecule has 0 saturated carbocycles. The minimum absolute atomic E-state index is 0.132. The second-order valence-electron chi connectivity index (χ2n) is 2.64. The van der Waals surface area contributed by atoms with Crippen LogP contribution in [0.2, 0.25) is 0 Å². The molecule has 13 heavy (non-hydrogen) atoms. The summed E-state index contributed by atoms with van der Waals surface area (Å²) in [6.45, 7) is 1.76. The Kier molecular flexibility index (Phi) is 3.19. The standard InChI is InChI=1S/C9H12FNO2/c1-3-6(12)8-7(13-2)4-5-11-9(8)10/h4-6,12H,3H2,1-2H3. The summed E-state index contributed by atoms with van der Waals surface area (Å²) in [4.78, 5) is 3.45. The molecule has 1 unspecified atom stereocenters. The number of hydrogen-bond donors (Lipinski definition) is 1. The highest BCUT2D eigenvalue weighted by atomic mass is 19.1. The number of aliphatic hydroxyl groups is 1. The molecular weight excluding hydrogens is 173 g/mol. The zero-order valence-electron chi connectivity index (χ0n) is 7.62. The number of pyridine rings is 1. The summed E-state index contributed by atoms with van der Waals surface area (Å²) in [5, 5.41) is 9.46. The molecular formula is C9H12FNO2. The van der Waals surface area contributed by atoms with Crippen LogP contribution in [0.25, 0.3) is 0 Å². The average molecular weight is 185 g/mol. The summed E-state index contributed by atoms with van der Waals surface area (Å²) in [5.74, 6) is -0.337. The van der Waals surface area contributed by atoms with Crippen molar-refractivity contribution in [3.8, 4) is 5.75 Å². The van der Waals surface area contributed by atoms with E-state index in [4.69, 9.17) is 4.74 Å². The molecule has 1 rings (SSSR count). The van der Waals surface area contributed by atoms with E-state index in [9.17, 15) is 9.50 Å². The van der Waals surface area contributed by atoms with Gasteiger partial charge in [0.25, 0.3) is 0 Å². The summed E-state index contributed by atoms with van der Waals surface area (Å²) in [6, 6.07) is 1.53. The van der Waals surface area contributed by atoms with Crippen molar-refractivity contribution in [3.05, 3.63) is 23.8 Å². The molecule has 72 valence electrons. The lowest BCUT2D eigenvalue weighted by atomic mass is 10.1. The molecule has 1 aromatic rings. The van der Waals surface area contributed by atoms with Gasteiger partial charge in [-0.05, 0) is 12.5 Å². The van der Waals surface area contributed by atoms with E-state index >= 15 is 0 Å². The van der Waals surface area contributed by atoms with E-state index in [-0.39, 0.29) is 5.56 Å². The predicted octanol–water partition coefficient (Wildman–Crippen LogP) is 1.67. The Morgan fingerprint density at radius 2 is 2.38 bits per heavy atom. The van der Waals surface area contributed by atoms with E-state index < -0.39 is 12.1 Å². The molecule has 0 aromatic carbocycles. The van der Waals surface area contributed by atoms with Crippen LogP contribution in [0.4, 0.5) is 4.39 Å². The monoisotopic (exact) mass is 185 g/mol. The normalized spacial score (nSPS) is 12.6. The largest absolute Gasteiger partial charge is 0.496 e. The first-order valence-electron chi connectivity index (χ1n) is 4.07. The highest BCUT2D eigenvalue weighted by Crippen LogP contribution is 2.27. The van der Waals surface area contributed by atoms with Crippen molar-refractivity contribution in [1.82, 2.24) is 4.98 Å². The Bertz CT molecular complexity index is 291. The van der Waals surface area contributed by atoms with Crippen LogP contribution in [0.3, 0.4) is 0 Å². The van der Waals surface area contributed by atoms with Gasteiger partial charge in [0.05, 0.1) is 18.8 Å². The van der Waals surface area contributed by atoms with Gasteiger partial charge in [0.1, 0.15) is 5.75 Å². The summed E-state index contributed by atoms with van der Waals surface area (Å²) in [5.41, 5.74) is 0.132. The molecule has 0 spiro atoms. The summed E-state index contributed by atoms with van der Waals surface area (Å²) >= 11 is 0. The van der Waals surface area contributed by atoms with E-state index in [1.54, 1.807) is 6.92 Å². The van der Waals surface area contributed by atoms with E-state index in [1.807, 2.05) is 0 Å². The van der Waals surface area contributed by atoms with Gasteiger partial charge in [-0.2, -0.15) is 4.39 Å². The van der Waals surface area contributed by atoms with Crippen LogP contribution in [-0.2, 0) is 0 Å². The van der Waals surface area contributed by atoms with Crippen LogP contribution < -0.4 is 4.74 Å². The van der Waals surface area contributed by atoms with Crippen molar-refractivity contribution in [2.45, 2.75) is 19.4 Å². The Labute approximate surface area is 76.2 Å². The third-order valence-electron chi connectivity index (χ3n) is 1.84. The van der Waals surface area contributed by atoms with Gasteiger partial charge in [-0.15, -0.1) is 0 Å². The van der Waals surface area contributed by atoms with E-state index in [1.165, 1.54) is 19.4 Å². The van der Waals surface area contributed by atoms with Gasteiger partial charge in [0.15, 0.2) is 0 Å². The van der Waals surface area contributed by atoms with E-state index in [0.29, 0.717) is 12.2 Å². The van der Waals surface area contributed by atoms with Crippen molar-refractivity contribution >= 4 is 0 Å². The number of rotatable bonds is 3. The molecule has 4 heteroatoms. The van der Waals surface area contributed by atoms with Crippen LogP contribution >= 0.6 is 0 Å². The first kappa shape index (κ1) is 9.92. The molecule has 0 radical (unpaired) electrons.